The van der Waals surface area contributed by atoms with E-state index in [-0.39, 0.29) is 5.82 Å². The summed E-state index contributed by atoms with van der Waals surface area (Å²) in [5.41, 5.74) is 6.41. The largest absolute Gasteiger partial charge is 0.387 e. The molecule has 2 aromatic heterocycles. The average molecular weight is 308 g/mol. The van der Waals surface area contributed by atoms with Crippen LogP contribution >= 0.6 is 0 Å². The van der Waals surface area contributed by atoms with Crippen LogP contribution in [-0.4, -0.2) is 72.9 Å². The first-order valence-corrected chi connectivity index (χ1v) is 6.57. The lowest BCUT2D eigenvalue weighted by Gasteiger charge is -2.18. The lowest BCUT2D eigenvalue weighted by molar-refractivity contribution is -0.145. The van der Waals surface area contributed by atoms with Gasteiger partial charge in [-0.25, -0.2) is 15.0 Å². The van der Waals surface area contributed by atoms with E-state index in [9.17, 15) is 15.0 Å². The van der Waals surface area contributed by atoms with Crippen LogP contribution in [0, 0.1) is 0 Å². The summed E-state index contributed by atoms with van der Waals surface area (Å²) >= 11 is 0. The fourth-order valence-electron chi connectivity index (χ4n) is 2.40. The van der Waals surface area contributed by atoms with Crippen molar-refractivity contribution in [2.75, 3.05) is 19.8 Å². The van der Waals surface area contributed by atoms with E-state index in [1.165, 1.54) is 22.1 Å². The number of aliphatic hydroxyl groups excluding tert-OH is 2. The zero-order chi connectivity index (χ0) is 16.0. The number of aromatic nitrogens is 4. The molecule has 10 heteroatoms. The molecule has 0 spiro atoms. The van der Waals surface area contributed by atoms with Gasteiger partial charge in [-0.1, -0.05) is 0 Å². The van der Waals surface area contributed by atoms with E-state index in [2.05, 4.69) is 15.0 Å². The van der Waals surface area contributed by atoms with Gasteiger partial charge in [0.25, 0.3) is 5.91 Å². The maximum atomic E-state index is 12.0. The number of fused-ring (bicyclic) bond motifs is 1. The number of likely N-dealkylation sites (N-methyl/N-ethyl adjacent to an activating group) is 1. The minimum atomic E-state index is -1.35. The highest BCUT2D eigenvalue weighted by Gasteiger charge is 2.48. The van der Waals surface area contributed by atoms with Crippen molar-refractivity contribution >= 4 is 22.9 Å². The fourth-order valence-corrected chi connectivity index (χ4v) is 2.40. The topological polar surface area (TPSA) is 140 Å². The third kappa shape index (κ3) is 2.08. The van der Waals surface area contributed by atoms with Gasteiger partial charge >= 0.3 is 0 Å². The number of rotatable bonds is 2. The number of carbonyl (C=O) groups is 1. The number of nitrogens with zero attached hydrogens (tertiary/aromatic N) is 5. The second-order valence-electron chi connectivity index (χ2n) is 5.24. The zero-order valence-electron chi connectivity index (χ0n) is 12.0. The summed E-state index contributed by atoms with van der Waals surface area (Å²) in [7, 11) is 3.08. The number of hydrogen-bond donors (Lipinski definition) is 3. The molecule has 22 heavy (non-hydrogen) atoms. The van der Waals surface area contributed by atoms with E-state index < -0.39 is 30.4 Å². The Bertz CT molecular complexity index is 717. The Kier molecular flexibility index (Phi) is 3.43. The summed E-state index contributed by atoms with van der Waals surface area (Å²) in [6.45, 7) is 0. The Morgan fingerprint density at radius 3 is 2.73 bits per heavy atom. The monoisotopic (exact) mass is 308 g/mol. The summed E-state index contributed by atoms with van der Waals surface area (Å²) in [5.74, 6) is -0.245. The molecule has 1 amide bonds. The number of nitrogen functional groups attached to an aromatic ring is 1. The van der Waals surface area contributed by atoms with Crippen molar-refractivity contribution in [1.29, 1.82) is 0 Å². The van der Waals surface area contributed by atoms with Gasteiger partial charge in [0.1, 0.15) is 24.1 Å². The van der Waals surface area contributed by atoms with Crippen LogP contribution in [0.5, 0.6) is 0 Å². The van der Waals surface area contributed by atoms with Gasteiger partial charge in [0.15, 0.2) is 23.8 Å². The second-order valence-corrected chi connectivity index (χ2v) is 5.24. The van der Waals surface area contributed by atoms with Crippen molar-refractivity contribution < 1.29 is 19.7 Å². The number of imidazole rings is 1. The molecular weight excluding hydrogens is 292 g/mol. The normalized spacial score (nSPS) is 28.2. The number of amides is 1. The first-order chi connectivity index (χ1) is 10.4. The number of ether oxygens (including phenoxy) is 1. The van der Waals surface area contributed by atoms with Crippen LogP contribution in [0.3, 0.4) is 0 Å². The van der Waals surface area contributed by atoms with E-state index in [1.807, 2.05) is 0 Å². The quantitative estimate of drug-likeness (QED) is 0.585. The second kappa shape index (κ2) is 5.16. The molecule has 1 unspecified atom stereocenters. The smallest absolute Gasteiger partial charge is 0.254 e. The highest BCUT2D eigenvalue weighted by atomic mass is 16.6. The van der Waals surface area contributed by atoms with Crippen LogP contribution in [-0.2, 0) is 9.53 Å². The standard InChI is InChI=1S/C12H16N6O4/c1-17(2)11(21)8-6(19)7(20)12(22-8)18-4-16-5-9(13)14-3-15-10(5)18/h3-4,6-8,12,19-20H,1-2H3,(H2,13,14,15)/t6-,7+,8-,12?/m0/s1. The van der Waals surface area contributed by atoms with Crippen LogP contribution in [0.1, 0.15) is 6.23 Å². The molecule has 118 valence electrons. The maximum Gasteiger partial charge on any atom is 0.254 e. The Balaban J connectivity index is 1.98. The number of aliphatic hydroxyl groups is 2. The van der Waals surface area contributed by atoms with Crippen molar-refractivity contribution in [3.05, 3.63) is 12.7 Å². The molecule has 4 N–H and O–H groups in total. The molecular formula is C12H16N6O4. The summed E-state index contributed by atoms with van der Waals surface area (Å²) in [5, 5.41) is 20.2. The van der Waals surface area contributed by atoms with Gasteiger partial charge in [-0.3, -0.25) is 9.36 Å². The Morgan fingerprint density at radius 1 is 1.32 bits per heavy atom. The van der Waals surface area contributed by atoms with Crippen molar-refractivity contribution in [1.82, 2.24) is 24.4 Å². The SMILES string of the molecule is CN(C)C(=O)[C@H]1OC(n2cnc3c(N)ncnc32)[C@H](O)[C@@H]1O. The van der Waals surface area contributed by atoms with Crippen molar-refractivity contribution in [3.8, 4) is 0 Å². The lowest BCUT2D eigenvalue weighted by atomic mass is 10.1. The number of hydrogen-bond acceptors (Lipinski definition) is 8. The van der Waals surface area contributed by atoms with Crippen molar-refractivity contribution in [2.24, 2.45) is 0 Å². The molecule has 0 radical (unpaired) electrons. The minimum Gasteiger partial charge on any atom is -0.387 e. The van der Waals surface area contributed by atoms with E-state index in [0.717, 1.165) is 0 Å². The molecule has 10 nitrogen and oxygen atoms in total. The van der Waals surface area contributed by atoms with E-state index in [0.29, 0.717) is 11.2 Å². The van der Waals surface area contributed by atoms with Gasteiger partial charge in [-0.2, -0.15) is 0 Å². The molecule has 0 aliphatic carbocycles. The van der Waals surface area contributed by atoms with Crippen LogP contribution in [0.4, 0.5) is 5.82 Å². The molecule has 3 heterocycles. The predicted molar refractivity (Wildman–Crippen MR) is 74.4 cm³/mol. The third-order valence-electron chi connectivity index (χ3n) is 3.58. The van der Waals surface area contributed by atoms with Crippen molar-refractivity contribution in [2.45, 2.75) is 24.5 Å². The first-order valence-electron chi connectivity index (χ1n) is 6.57. The van der Waals surface area contributed by atoms with Gasteiger partial charge in [-0.05, 0) is 0 Å². The van der Waals surface area contributed by atoms with Gasteiger partial charge in [0.05, 0.1) is 6.33 Å². The number of carbonyl (C=O) groups excluding carboxylic acids is 1. The zero-order valence-corrected chi connectivity index (χ0v) is 12.0. The van der Waals surface area contributed by atoms with Crippen molar-refractivity contribution in [3.63, 3.8) is 0 Å². The van der Waals surface area contributed by atoms with Crippen LogP contribution in [0.15, 0.2) is 12.7 Å². The van der Waals surface area contributed by atoms with Crippen LogP contribution in [0.25, 0.3) is 11.2 Å². The molecule has 1 aliphatic rings. The Hall–Kier alpha value is -2.30. The Labute approximate surface area is 125 Å². The van der Waals surface area contributed by atoms with E-state index in [1.54, 1.807) is 14.1 Å². The highest BCUT2D eigenvalue weighted by Crippen LogP contribution is 2.32. The summed E-state index contributed by atoms with van der Waals surface area (Å²) in [4.78, 5) is 25.2. The summed E-state index contributed by atoms with van der Waals surface area (Å²) in [6.07, 6.45) is -2.18. The molecule has 1 saturated heterocycles. The molecule has 0 aromatic carbocycles. The fraction of sp³-hybridized carbons (Fsp3) is 0.500. The Morgan fingerprint density at radius 2 is 2.05 bits per heavy atom. The van der Waals surface area contributed by atoms with Crippen LogP contribution < -0.4 is 5.73 Å². The minimum absolute atomic E-state index is 0.192. The molecule has 2 aromatic rings. The summed E-state index contributed by atoms with van der Waals surface area (Å²) in [6, 6.07) is 0. The van der Waals surface area contributed by atoms with Gasteiger partial charge in [0.2, 0.25) is 0 Å². The van der Waals surface area contributed by atoms with E-state index >= 15 is 0 Å². The maximum absolute atomic E-state index is 12.0. The third-order valence-corrected chi connectivity index (χ3v) is 3.58. The first kappa shape index (κ1) is 14.6. The van der Waals surface area contributed by atoms with Gasteiger partial charge in [0, 0.05) is 14.1 Å². The molecule has 3 rings (SSSR count). The van der Waals surface area contributed by atoms with Gasteiger partial charge < -0.3 is 25.6 Å². The molecule has 1 aliphatic heterocycles. The molecule has 1 fully saturated rings. The van der Waals surface area contributed by atoms with Gasteiger partial charge in [-0.15, -0.1) is 0 Å². The summed E-state index contributed by atoms with van der Waals surface area (Å²) < 4.78 is 6.95. The lowest BCUT2D eigenvalue weighted by Crippen LogP contribution is -2.42. The number of nitrogens with two attached hydrogens (primary N) is 1. The average Bonchev–Trinajstić information content (AvgIpc) is 3.02. The van der Waals surface area contributed by atoms with E-state index in [4.69, 9.17) is 10.5 Å². The molecule has 0 bridgehead atoms. The molecule has 0 saturated carbocycles. The van der Waals surface area contributed by atoms with Crippen LogP contribution in [0.2, 0.25) is 0 Å². The predicted octanol–water partition coefficient (Wildman–Crippen LogP) is -1.88. The highest BCUT2D eigenvalue weighted by molar-refractivity contribution is 5.82. The molecule has 4 atom stereocenters. The number of anilines is 1.